The van der Waals surface area contributed by atoms with Crippen molar-refractivity contribution in [2.45, 2.75) is 26.7 Å². The first-order valence-electron chi connectivity index (χ1n) is 7.20. The molecule has 0 saturated carbocycles. The number of carbonyl (C=O) groups is 3. The molecule has 112 valence electrons. The number of aldehydes is 1. The molecular formula is C16H20N2O3. The Morgan fingerprint density at radius 2 is 1.90 bits per heavy atom. The minimum atomic E-state index is -0.0801. The molecule has 0 radical (unpaired) electrons. The number of benzene rings is 1. The maximum atomic E-state index is 11.6. The molecule has 1 aliphatic heterocycles. The maximum absolute atomic E-state index is 11.6. The van der Waals surface area contributed by atoms with Crippen molar-refractivity contribution in [3.8, 4) is 0 Å². The molecule has 1 aromatic rings. The molecule has 0 bridgehead atoms. The molecule has 0 spiro atoms. The van der Waals surface area contributed by atoms with Gasteiger partial charge in [-0.05, 0) is 37.6 Å². The highest BCUT2D eigenvalue weighted by molar-refractivity contribution is 6.01. The predicted octanol–water partition coefficient (Wildman–Crippen LogP) is 1.78. The number of amides is 2. The lowest BCUT2D eigenvalue weighted by Crippen LogP contribution is -2.38. The first-order valence-corrected chi connectivity index (χ1v) is 7.20. The van der Waals surface area contributed by atoms with Gasteiger partial charge >= 0.3 is 0 Å². The van der Waals surface area contributed by atoms with Crippen molar-refractivity contribution >= 4 is 23.8 Å². The second-order valence-corrected chi connectivity index (χ2v) is 5.18. The summed E-state index contributed by atoms with van der Waals surface area (Å²) < 4.78 is 0. The average Bonchev–Trinajstić information content (AvgIpc) is 2.79. The van der Waals surface area contributed by atoms with Gasteiger partial charge in [0, 0.05) is 43.7 Å². The van der Waals surface area contributed by atoms with Crippen molar-refractivity contribution in [2.75, 3.05) is 24.5 Å². The molecule has 1 aromatic carbocycles. The number of carbonyl (C=O) groups excluding carboxylic acids is 3. The van der Waals surface area contributed by atoms with Crippen molar-refractivity contribution < 1.29 is 14.4 Å². The van der Waals surface area contributed by atoms with Crippen molar-refractivity contribution in [1.29, 1.82) is 0 Å². The Morgan fingerprint density at radius 3 is 2.43 bits per heavy atom. The van der Waals surface area contributed by atoms with Crippen LogP contribution in [0, 0.1) is 6.92 Å². The van der Waals surface area contributed by atoms with Crippen molar-refractivity contribution in [3.05, 3.63) is 29.3 Å². The van der Waals surface area contributed by atoms with Crippen LogP contribution >= 0.6 is 0 Å². The largest absolute Gasteiger partial charge is 0.370 e. The zero-order valence-electron chi connectivity index (χ0n) is 12.5. The van der Waals surface area contributed by atoms with E-state index >= 15 is 0 Å². The molecule has 1 saturated heterocycles. The number of likely N-dealkylation sites (tertiary alicyclic amines) is 1. The lowest BCUT2D eigenvalue weighted by molar-refractivity contribution is -0.138. The van der Waals surface area contributed by atoms with Gasteiger partial charge in [-0.2, -0.15) is 0 Å². The fourth-order valence-corrected chi connectivity index (χ4v) is 2.55. The highest BCUT2D eigenvalue weighted by Crippen LogP contribution is 2.19. The van der Waals surface area contributed by atoms with Gasteiger partial charge in [-0.3, -0.25) is 19.3 Å². The lowest BCUT2D eigenvalue weighted by Gasteiger charge is -2.26. The molecule has 0 aromatic heterocycles. The van der Waals surface area contributed by atoms with Crippen LogP contribution in [0.25, 0.3) is 0 Å². The van der Waals surface area contributed by atoms with Crippen molar-refractivity contribution in [2.24, 2.45) is 0 Å². The summed E-state index contributed by atoms with van der Waals surface area (Å²) in [4.78, 5) is 37.5. The molecule has 5 nitrogen and oxygen atoms in total. The fourth-order valence-electron chi connectivity index (χ4n) is 2.55. The minimum Gasteiger partial charge on any atom is -0.370 e. The highest BCUT2D eigenvalue weighted by Gasteiger charge is 2.28. The zero-order chi connectivity index (χ0) is 15.4. The second-order valence-electron chi connectivity index (χ2n) is 5.18. The van der Waals surface area contributed by atoms with Crippen LogP contribution in [0.1, 0.15) is 35.7 Å². The Bertz CT molecular complexity index is 553. The van der Waals surface area contributed by atoms with Crippen LogP contribution in [-0.4, -0.2) is 42.6 Å². The summed E-state index contributed by atoms with van der Waals surface area (Å²) in [7, 11) is 0. The van der Waals surface area contributed by atoms with E-state index in [1.54, 1.807) is 6.07 Å². The SMILES string of the molecule is CCN(CCN1C(=O)CCC1=O)c1ccc(C=O)c(C)c1. The third kappa shape index (κ3) is 3.29. The van der Waals surface area contributed by atoms with Crippen molar-refractivity contribution in [1.82, 2.24) is 4.90 Å². The highest BCUT2D eigenvalue weighted by atomic mass is 16.2. The van der Waals surface area contributed by atoms with Gasteiger partial charge in [0.15, 0.2) is 0 Å². The number of hydrogen-bond donors (Lipinski definition) is 0. The molecule has 21 heavy (non-hydrogen) atoms. The molecule has 0 N–H and O–H groups in total. The monoisotopic (exact) mass is 288 g/mol. The standard InChI is InChI=1S/C16H20N2O3/c1-3-17(8-9-18-15(20)6-7-16(18)21)14-5-4-13(11-19)12(2)10-14/h4-5,10-11H,3,6-9H2,1-2H3. The lowest BCUT2D eigenvalue weighted by atomic mass is 10.1. The van der Waals surface area contributed by atoms with Crippen LogP contribution in [0.2, 0.25) is 0 Å². The van der Waals surface area contributed by atoms with Crippen LogP contribution in [0.5, 0.6) is 0 Å². The van der Waals surface area contributed by atoms with Gasteiger partial charge in [0.25, 0.3) is 0 Å². The predicted molar refractivity (Wildman–Crippen MR) is 80.4 cm³/mol. The number of nitrogens with zero attached hydrogens (tertiary/aromatic N) is 2. The molecule has 1 fully saturated rings. The average molecular weight is 288 g/mol. The summed E-state index contributed by atoms with van der Waals surface area (Å²) in [5, 5.41) is 0. The van der Waals surface area contributed by atoms with Crippen LogP contribution in [0.3, 0.4) is 0 Å². The van der Waals surface area contributed by atoms with E-state index in [0.29, 0.717) is 31.5 Å². The first kappa shape index (κ1) is 15.2. The van der Waals surface area contributed by atoms with E-state index in [9.17, 15) is 14.4 Å². The van der Waals surface area contributed by atoms with E-state index in [1.165, 1.54) is 4.90 Å². The van der Waals surface area contributed by atoms with Crippen LogP contribution in [-0.2, 0) is 9.59 Å². The maximum Gasteiger partial charge on any atom is 0.229 e. The molecule has 2 amide bonds. The number of likely N-dealkylation sites (N-methyl/N-ethyl adjacent to an activating group) is 1. The van der Waals surface area contributed by atoms with E-state index in [2.05, 4.69) is 4.90 Å². The Morgan fingerprint density at radius 1 is 1.24 bits per heavy atom. The second kappa shape index (κ2) is 6.52. The van der Waals surface area contributed by atoms with Gasteiger partial charge < -0.3 is 4.90 Å². The molecule has 2 rings (SSSR count). The number of hydrogen-bond acceptors (Lipinski definition) is 4. The van der Waals surface area contributed by atoms with Gasteiger partial charge in [0.2, 0.25) is 11.8 Å². The molecular weight excluding hydrogens is 268 g/mol. The summed E-state index contributed by atoms with van der Waals surface area (Å²) in [6.45, 7) is 5.72. The summed E-state index contributed by atoms with van der Waals surface area (Å²) in [6.07, 6.45) is 1.51. The summed E-state index contributed by atoms with van der Waals surface area (Å²) >= 11 is 0. The third-order valence-electron chi connectivity index (χ3n) is 3.88. The third-order valence-corrected chi connectivity index (χ3v) is 3.88. The quantitative estimate of drug-likeness (QED) is 0.591. The number of aryl methyl sites for hydroxylation is 1. The minimum absolute atomic E-state index is 0.0801. The van der Waals surface area contributed by atoms with Gasteiger partial charge in [-0.1, -0.05) is 0 Å². The van der Waals surface area contributed by atoms with Gasteiger partial charge in [0.05, 0.1) is 0 Å². The molecule has 1 heterocycles. The Labute approximate surface area is 124 Å². The summed E-state index contributed by atoms with van der Waals surface area (Å²) in [5.41, 5.74) is 2.61. The number of anilines is 1. The summed E-state index contributed by atoms with van der Waals surface area (Å²) in [6, 6.07) is 5.65. The Balaban J connectivity index is 2.06. The van der Waals surface area contributed by atoms with Crippen LogP contribution < -0.4 is 4.90 Å². The van der Waals surface area contributed by atoms with E-state index in [1.807, 2.05) is 26.0 Å². The molecule has 0 aliphatic carbocycles. The molecule has 0 atom stereocenters. The zero-order valence-corrected chi connectivity index (χ0v) is 12.5. The van der Waals surface area contributed by atoms with E-state index < -0.39 is 0 Å². The van der Waals surface area contributed by atoms with Gasteiger partial charge in [0.1, 0.15) is 6.29 Å². The van der Waals surface area contributed by atoms with E-state index in [0.717, 1.165) is 24.1 Å². The Hall–Kier alpha value is -2.17. The van der Waals surface area contributed by atoms with E-state index in [4.69, 9.17) is 0 Å². The molecule has 5 heteroatoms. The number of imide groups is 1. The topological polar surface area (TPSA) is 57.7 Å². The van der Waals surface area contributed by atoms with Gasteiger partial charge in [-0.25, -0.2) is 0 Å². The first-order chi connectivity index (χ1) is 10.1. The molecule has 1 aliphatic rings. The van der Waals surface area contributed by atoms with Crippen LogP contribution in [0.4, 0.5) is 5.69 Å². The molecule has 0 unspecified atom stereocenters. The van der Waals surface area contributed by atoms with E-state index in [-0.39, 0.29) is 11.8 Å². The summed E-state index contributed by atoms with van der Waals surface area (Å²) in [5.74, 6) is -0.160. The van der Waals surface area contributed by atoms with Crippen LogP contribution in [0.15, 0.2) is 18.2 Å². The normalized spacial score (nSPS) is 14.7. The van der Waals surface area contributed by atoms with Crippen molar-refractivity contribution in [3.63, 3.8) is 0 Å². The Kier molecular flexibility index (Phi) is 4.73. The number of rotatable bonds is 6. The fraction of sp³-hybridized carbons (Fsp3) is 0.438. The smallest absolute Gasteiger partial charge is 0.229 e. The van der Waals surface area contributed by atoms with Gasteiger partial charge in [-0.15, -0.1) is 0 Å².